The highest BCUT2D eigenvalue weighted by Gasteiger charge is 2.08. The normalized spacial score (nSPS) is 12.6. The van der Waals surface area contributed by atoms with Gasteiger partial charge < -0.3 is 10.3 Å². The molecule has 0 aliphatic rings. The van der Waals surface area contributed by atoms with Crippen LogP contribution in [0.5, 0.6) is 0 Å². The Morgan fingerprint density at radius 1 is 1.44 bits per heavy atom. The highest BCUT2D eigenvalue weighted by molar-refractivity contribution is 9.10. The summed E-state index contributed by atoms with van der Waals surface area (Å²) >= 11 is 3.55. The van der Waals surface area contributed by atoms with Gasteiger partial charge in [-0.1, -0.05) is 34.1 Å². The van der Waals surface area contributed by atoms with Crippen molar-refractivity contribution in [2.24, 2.45) is 0 Å². The van der Waals surface area contributed by atoms with Gasteiger partial charge in [0, 0.05) is 22.9 Å². The molecule has 0 saturated heterocycles. The molecule has 0 saturated carbocycles. The molecule has 2 rings (SSSR count). The van der Waals surface area contributed by atoms with Gasteiger partial charge in [0.15, 0.2) is 0 Å². The third-order valence-electron chi connectivity index (χ3n) is 2.50. The third-order valence-corrected chi connectivity index (χ3v) is 3.22. The smallest absolute Gasteiger partial charge is 0.120 e. The van der Waals surface area contributed by atoms with Crippen LogP contribution in [0, 0.1) is 0 Å². The van der Waals surface area contributed by atoms with E-state index in [4.69, 9.17) is 0 Å². The number of rotatable bonds is 4. The molecule has 1 atom stereocenters. The average molecular weight is 280 g/mol. The zero-order valence-corrected chi connectivity index (χ0v) is 10.7. The standard InChI is InChI=1S/C12H14BrN3/c1-9(10-4-2-3-5-11(10)13)16-8-12-14-6-7-15-12/h2-7,9,16H,8H2,1H3,(H,14,15). The van der Waals surface area contributed by atoms with Crippen LogP contribution in [0.3, 0.4) is 0 Å². The summed E-state index contributed by atoms with van der Waals surface area (Å²) in [6.07, 6.45) is 3.60. The predicted octanol–water partition coefficient (Wildman–Crippen LogP) is 3.02. The van der Waals surface area contributed by atoms with Gasteiger partial charge in [0.2, 0.25) is 0 Å². The first-order chi connectivity index (χ1) is 7.77. The maximum atomic E-state index is 4.17. The average Bonchev–Trinajstić information content (AvgIpc) is 2.79. The number of hydrogen-bond acceptors (Lipinski definition) is 2. The Bertz CT molecular complexity index is 439. The van der Waals surface area contributed by atoms with Gasteiger partial charge in [-0.05, 0) is 18.6 Å². The van der Waals surface area contributed by atoms with Crippen LogP contribution in [-0.2, 0) is 6.54 Å². The molecule has 0 amide bonds. The highest BCUT2D eigenvalue weighted by Crippen LogP contribution is 2.22. The summed E-state index contributed by atoms with van der Waals surface area (Å²) in [5, 5.41) is 3.42. The largest absolute Gasteiger partial charge is 0.348 e. The number of nitrogens with one attached hydrogen (secondary N) is 2. The van der Waals surface area contributed by atoms with E-state index in [0.29, 0.717) is 6.04 Å². The minimum atomic E-state index is 0.292. The number of nitrogens with zero attached hydrogens (tertiary/aromatic N) is 1. The SMILES string of the molecule is CC(NCc1ncc[nH]1)c1ccccc1Br. The first kappa shape index (κ1) is 11.4. The summed E-state index contributed by atoms with van der Waals surface area (Å²) < 4.78 is 1.13. The molecule has 3 nitrogen and oxygen atoms in total. The zero-order chi connectivity index (χ0) is 11.4. The number of H-pyrrole nitrogens is 1. The van der Waals surface area contributed by atoms with Crippen LogP contribution < -0.4 is 5.32 Å². The van der Waals surface area contributed by atoms with Crippen molar-refractivity contribution in [2.75, 3.05) is 0 Å². The fourth-order valence-corrected chi connectivity index (χ4v) is 2.21. The molecule has 2 aromatic rings. The van der Waals surface area contributed by atoms with E-state index >= 15 is 0 Å². The van der Waals surface area contributed by atoms with Crippen LogP contribution in [0.1, 0.15) is 24.4 Å². The number of benzene rings is 1. The van der Waals surface area contributed by atoms with Crippen LogP contribution in [0.15, 0.2) is 41.1 Å². The molecule has 4 heteroatoms. The first-order valence-corrected chi connectivity index (χ1v) is 6.02. The van der Waals surface area contributed by atoms with Crippen LogP contribution in [0.2, 0.25) is 0 Å². The topological polar surface area (TPSA) is 40.7 Å². The summed E-state index contributed by atoms with van der Waals surface area (Å²) in [5.41, 5.74) is 1.26. The molecular formula is C12H14BrN3. The monoisotopic (exact) mass is 279 g/mol. The molecule has 2 N–H and O–H groups in total. The van der Waals surface area contributed by atoms with Gasteiger partial charge in [-0.15, -0.1) is 0 Å². The Labute approximate surface area is 103 Å². The second kappa shape index (κ2) is 5.27. The van der Waals surface area contributed by atoms with E-state index in [1.807, 2.05) is 18.3 Å². The lowest BCUT2D eigenvalue weighted by molar-refractivity contribution is 0.560. The van der Waals surface area contributed by atoms with Crippen molar-refractivity contribution in [3.05, 3.63) is 52.5 Å². The summed E-state index contributed by atoms with van der Waals surface area (Å²) in [6, 6.07) is 8.53. The van der Waals surface area contributed by atoms with E-state index in [-0.39, 0.29) is 0 Å². The highest BCUT2D eigenvalue weighted by atomic mass is 79.9. The number of halogens is 1. The molecule has 0 fully saturated rings. The molecule has 1 unspecified atom stereocenters. The minimum absolute atomic E-state index is 0.292. The lowest BCUT2D eigenvalue weighted by atomic mass is 10.1. The maximum absolute atomic E-state index is 4.17. The van der Waals surface area contributed by atoms with Crippen LogP contribution in [0.4, 0.5) is 0 Å². The number of hydrogen-bond donors (Lipinski definition) is 2. The van der Waals surface area contributed by atoms with E-state index in [1.54, 1.807) is 6.20 Å². The number of aromatic amines is 1. The molecule has 0 spiro atoms. The molecule has 0 aliphatic carbocycles. The van der Waals surface area contributed by atoms with E-state index < -0.39 is 0 Å². The number of imidazole rings is 1. The Kier molecular flexibility index (Phi) is 3.74. The molecular weight excluding hydrogens is 266 g/mol. The lowest BCUT2D eigenvalue weighted by Gasteiger charge is -2.14. The minimum Gasteiger partial charge on any atom is -0.348 e. The van der Waals surface area contributed by atoms with Crippen molar-refractivity contribution in [1.29, 1.82) is 0 Å². The van der Waals surface area contributed by atoms with E-state index in [2.05, 4.69) is 50.3 Å². The van der Waals surface area contributed by atoms with Crippen LogP contribution >= 0.6 is 15.9 Å². The Hall–Kier alpha value is -1.13. The van der Waals surface area contributed by atoms with Gasteiger partial charge in [0.1, 0.15) is 5.82 Å². The van der Waals surface area contributed by atoms with E-state index in [0.717, 1.165) is 16.8 Å². The molecule has 0 bridgehead atoms. The van der Waals surface area contributed by atoms with Crippen molar-refractivity contribution in [1.82, 2.24) is 15.3 Å². The van der Waals surface area contributed by atoms with Crippen molar-refractivity contribution < 1.29 is 0 Å². The predicted molar refractivity (Wildman–Crippen MR) is 68.0 cm³/mol. The van der Waals surface area contributed by atoms with Crippen LogP contribution in [-0.4, -0.2) is 9.97 Å². The molecule has 0 aliphatic heterocycles. The zero-order valence-electron chi connectivity index (χ0n) is 9.07. The van der Waals surface area contributed by atoms with E-state index in [1.165, 1.54) is 5.56 Å². The third kappa shape index (κ3) is 2.71. The van der Waals surface area contributed by atoms with Gasteiger partial charge in [-0.3, -0.25) is 0 Å². The van der Waals surface area contributed by atoms with Gasteiger partial charge >= 0.3 is 0 Å². The van der Waals surface area contributed by atoms with E-state index in [9.17, 15) is 0 Å². The Morgan fingerprint density at radius 3 is 2.94 bits per heavy atom. The second-order valence-corrected chi connectivity index (χ2v) is 4.51. The first-order valence-electron chi connectivity index (χ1n) is 5.23. The number of aromatic nitrogens is 2. The van der Waals surface area contributed by atoms with Gasteiger partial charge in [0.05, 0.1) is 6.54 Å². The fourth-order valence-electron chi connectivity index (χ4n) is 1.58. The van der Waals surface area contributed by atoms with Crippen molar-refractivity contribution >= 4 is 15.9 Å². The van der Waals surface area contributed by atoms with Crippen molar-refractivity contribution in [3.63, 3.8) is 0 Å². The summed E-state index contributed by atoms with van der Waals surface area (Å²) in [5.74, 6) is 0.957. The molecule has 0 radical (unpaired) electrons. The molecule has 16 heavy (non-hydrogen) atoms. The maximum Gasteiger partial charge on any atom is 0.120 e. The van der Waals surface area contributed by atoms with Crippen molar-refractivity contribution in [2.45, 2.75) is 19.5 Å². The van der Waals surface area contributed by atoms with Crippen molar-refractivity contribution in [3.8, 4) is 0 Å². The fraction of sp³-hybridized carbons (Fsp3) is 0.250. The van der Waals surface area contributed by atoms with Gasteiger partial charge in [-0.2, -0.15) is 0 Å². The quantitative estimate of drug-likeness (QED) is 0.903. The Morgan fingerprint density at radius 2 is 2.25 bits per heavy atom. The summed E-state index contributed by atoms with van der Waals surface area (Å²) in [7, 11) is 0. The Balaban J connectivity index is 1.98. The molecule has 1 aromatic carbocycles. The lowest BCUT2D eigenvalue weighted by Crippen LogP contribution is -2.19. The molecule has 1 aromatic heterocycles. The second-order valence-electron chi connectivity index (χ2n) is 3.66. The molecule has 84 valence electrons. The summed E-state index contributed by atoms with van der Waals surface area (Å²) in [4.78, 5) is 7.25. The van der Waals surface area contributed by atoms with Gasteiger partial charge in [0.25, 0.3) is 0 Å². The molecule has 1 heterocycles. The van der Waals surface area contributed by atoms with Crippen LogP contribution in [0.25, 0.3) is 0 Å². The van der Waals surface area contributed by atoms with Gasteiger partial charge in [-0.25, -0.2) is 4.98 Å². The summed E-state index contributed by atoms with van der Waals surface area (Å²) in [6.45, 7) is 2.89.